The number of halogens is 2. The molecule has 0 aliphatic carbocycles. The summed E-state index contributed by atoms with van der Waals surface area (Å²) in [5.41, 5.74) is 1.59. The zero-order valence-electron chi connectivity index (χ0n) is 15.2. The average molecular weight is 541 g/mol. The third kappa shape index (κ3) is 5.49. The SMILES string of the molecule is COC(=O)COc1ccc(/C=C2/SC(=O)N(Cc3ccc(Br)cc3)C2=O)cc1Br. The van der Waals surface area contributed by atoms with Crippen molar-refractivity contribution in [3.63, 3.8) is 0 Å². The van der Waals surface area contributed by atoms with E-state index in [-0.39, 0.29) is 24.3 Å². The first-order valence-corrected chi connectivity index (χ1v) is 10.8. The van der Waals surface area contributed by atoms with E-state index in [1.807, 2.05) is 24.3 Å². The van der Waals surface area contributed by atoms with Crippen LogP contribution < -0.4 is 4.74 Å². The number of amides is 2. The molecule has 0 atom stereocenters. The van der Waals surface area contributed by atoms with Crippen LogP contribution in [0.2, 0.25) is 0 Å². The molecule has 1 heterocycles. The second-order valence-corrected chi connectivity index (χ2v) is 8.71. The Hall–Kier alpha value is -2.10. The van der Waals surface area contributed by atoms with Crippen molar-refractivity contribution in [2.45, 2.75) is 6.54 Å². The first-order chi connectivity index (χ1) is 13.9. The number of esters is 1. The van der Waals surface area contributed by atoms with Gasteiger partial charge in [0.15, 0.2) is 6.61 Å². The van der Waals surface area contributed by atoms with E-state index in [0.29, 0.717) is 15.1 Å². The van der Waals surface area contributed by atoms with Crippen molar-refractivity contribution in [2.75, 3.05) is 13.7 Å². The number of carbonyl (C=O) groups is 3. The maximum atomic E-state index is 12.7. The summed E-state index contributed by atoms with van der Waals surface area (Å²) >= 11 is 7.65. The summed E-state index contributed by atoms with van der Waals surface area (Å²) in [5, 5.41) is -0.304. The molecular formula is C20H15Br2NO5S. The highest BCUT2D eigenvalue weighted by atomic mass is 79.9. The fraction of sp³-hybridized carbons (Fsp3) is 0.150. The fourth-order valence-electron chi connectivity index (χ4n) is 2.48. The number of benzene rings is 2. The highest BCUT2D eigenvalue weighted by molar-refractivity contribution is 9.10. The van der Waals surface area contributed by atoms with E-state index in [1.54, 1.807) is 24.3 Å². The molecule has 150 valence electrons. The maximum absolute atomic E-state index is 12.7. The number of rotatable bonds is 6. The topological polar surface area (TPSA) is 72.9 Å². The van der Waals surface area contributed by atoms with Crippen LogP contribution in [-0.4, -0.2) is 35.7 Å². The molecule has 0 unspecified atom stereocenters. The van der Waals surface area contributed by atoms with Gasteiger partial charge in [-0.1, -0.05) is 34.1 Å². The van der Waals surface area contributed by atoms with E-state index < -0.39 is 5.97 Å². The Kier molecular flexibility index (Phi) is 7.15. The van der Waals surface area contributed by atoms with Gasteiger partial charge in [-0.15, -0.1) is 0 Å². The molecule has 2 amide bonds. The minimum Gasteiger partial charge on any atom is -0.481 e. The number of nitrogens with zero attached hydrogens (tertiary/aromatic N) is 1. The van der Waals surface area contributed by atoms with Crippen LogP contribution in [0.1, 0.15) is 11.1 Å². The van der Waals surface area contributed by atoms with Crippen molar-refractivity contribution in [1.29, 1.82) is 0 Å². The van der Waals surface area contributed by atoms with Crippen LogP contribution >= 0.6 is 43.6 Å². The van der Waals surface area contributed by atoms with E-state index >= 15 is 0 Å². The van der Waals surface area contributed by atoms with E-state index in [4.69, 9.17) is 4.74 Å². The maximum Gasteiger partial charge on any atom is 0.343 e. The minimum absolute atomic E-state index is 0.205. The van der Waals surface area contributed by atoms with E-state index in [2.05, 4.69) is 36.6 Å². The zero-order chi connectivity index (χ0) is 21.0. The summed E-state index contributed by atoms with van der Waals surface area (Å²) in [4.78, 5) is 37.7. The van der Waals surface area contributed by atoms with Crippen molar-refractivity contribution in [2.24, 2.45) is 0 Å². The first kappa shape index (κ1) is 21.6. The molecular weight excluding hydrogens is 526 g/mol. The monoisotopic (exact) mass is 539 g/mol. The number of hydrogen-bond acceptors (Lipinski definition) is 6. The van der Waals surface area contributed by atoms with Gasteiger partial charge in [-0.2, -0.15) is 0 Å². The number of thioether (sulfide) groups is 1. The third-order valence-electron chi connectivity index (χ3n) is 3.95. The molecule has 0 bridgehead atoms. The minimum atomic E-state index is -0.486. The third-order valence-corrected chi connectivity index (χ3v) is 6.01. The van der Waals surface area contributed by atoms with Crippen LogP contribution in [0.5, 0.6) is 5.75 Å². The summed E-state index contributed by atoms with van der Waals surface area (Å²) in [6, 6.07) is 12.6. The Bertz CT molecular complexity index is 991. The molecule has 0 saturated carbocycles. The molecule has 0 radical (unpaired) electrons. The van der Waals surface area contributed by atoms with Crippen LogP contribution in [0.3, 0.4) is 0 Å². The molecule has 2 aromatic carbocycles. The zero-order valence-corrected chi connectivity index (χ0v) is 19.2. The largest absolute Gasteiger partial charge is 0.481 e. The second kappa shape index (κ2) is 9.60. The van der Waals surface area contributed by atoms with Crippen LogP contribution in [0.4, 0.5) is 4.79 Å². The van der Waals surface area contributed by atoms with Crippen molar-refractivity contribution in [1.82, 2.24) is 4.90 Å². The quantitative estimate of drug-likeness (QED) is 0.379. The highest BCUT2D eigenvalue weighted by Gasteiger charge is 2.35. The van der Waals surface area contributed by atoms with Gasteiger partial charge in [0.1, 0.15) is 5.75 Å². The van der Waals surface area contributed by atoms with Crippen molar-refractivity contribution in [3.05, 3.63) is 67.4 Å². The predicted molar refractivity (Wildman–Crippen MR) is 117 cm³/mol. The van der Waals surface area contributed by atoms with Crippen LogP contribution in [0.15, 0.2) is 56.3 Å². The molecule has 3 rings (SSSR count). The molecule has 1 aliphatic rings. The number of carbonyl (C=O) groups excluding carboxylic acids is 3. The number of methoxy groups -OCH3 is 1. The van der Waals surface area contributed by atoms with Gasteiger partial charge < -0.3 is 9.47 Å². The second-order valence-electron chi connectivity index (χ2n) is 5.95. The van der Waals surface area contributed by atoms with Crippen molar-refractivity contribution >= 4 is 66.8 Å². The highest BCUT2D eigenvalue weighted by Crippen LogP contribution is 2.34. The Morgan fingerprint density at radius 2 is 1.86 bits per heavy atom. The van der Waals surface area contributed by atoms with Gasteiger partial charge in [-0.3, -0.25) is 14.5 Å². The standard InChI is InChI=1S/C20H15Br2NO5S/c1-27-18(24)11-28-16-7-4-13(8-15(16)22)9-17-19(25)23(20(26)29-17)10-12-2-5-14(21)6-3-12/h2-9H,10-11H2,1H3/b17-9+. The molecule has 29 heavy (non-hydrogen) atoms. The van der Waals surface area contributed by atoms with E-state index in [9.17, 15) is 14.4 Å². The van der Waals surface area contributed by atoms with Crippen molar-refractivity contribution < 1.29 is 23.9 Å². The molecule has 6 nitrogen and oxygen atoms in total. The lowest BCUT2D eigenvalue weighted by Crippen LogP contribution is -2.27. The van der Waals surface area contributed by atoms with E-state index in [0.717, 1.165) is 27.4 Å². The normalized spacial score (nSPS) is 15.1. The fourth-order valence-corrected chi connectivity index (χ4v) is 4.09. The summed E-state index contributed by atoms with van der Waals surface area (Å²) in [5.74, 6) is -0.346. The molecule has 1 fully saturated rings. The van der Waals surface area contributed by atoms with E-state index in [1.165, 1.54) is 12.0 Å². The lowest BCUT2D eigenvalue weighted by atomic mass is 10.2. The van der Waals surface area contributed by atoms with Crippen LogP contribution in [0.25, 0.3) is 6.08 Å². The molecule has 1 saturated heterocycles. The summed E-state index contributed by atoms with van der Waals surface area (Å²) in [6.45, 7) is 0.0165. The van der Waals surface area contributed by atoms with Gasteiger partial charge in [-0.25, -0.2) is 4.79 Å². The van der Waals surface area contributed by atoms with Crippen LogP contribution in [0, 0.1) is 0 Å². The van der Waals surface area contributed by atoms with Gasteiger partial charge in [0.25, 0.3) is 11.1 Å². The number of ether oxygens (including phenoxy) is 2. The Morgan fingerprint density at radius 1 is 1.14 bits per heavy atom. The lowest BCUT2D eigenvalue weighted by molar-refractivity contribution is -0.142. The molecule has 0 spiro atoms. The summed E-state index contributed by atoms with van der Waals surface area (Å²) in [7, 11) is 1.29. The lowest BCUT2D eigenvalue weighted by Gasteiger charge is -2.12. The van der Waals surface area contributed by atoms with Gasteiger partial charge in [0.2, 0.25) is 0 Å². The Labute approximate surface area is 188 Å². The number of hydrogen-bond donors (Lipinski definition) is 0. The summed E-state index contributed by atoms with van der Waals surface area (Å²) in [6.07, 6.45) is 1.65. The van der Waals surface area contributed by atoms with Gasteiger partial charge >= 0.3 is 5.97 Å². The Balaban J connectivity index is 1.72. The molecule has 2 aromatic rings. The van der Waals surface area contributed by atoms with Crippen LogP contribution in [-0.2, 0) is 20.9 Å². The molecule has 0 aromatic heterocycles. The molecule has 1 aliphatic heterocycles. The first-order valence-electron chi connectivity index (χ1n) is 8.36. The number of imide groups is 1. The van der Waals surface area contributed by atoms with Gasteiger partial charge in [-0.05, 0) is 69.2 Å². The predicted octanol–water partition coefficient (Wildman–Crippen LogP) is 5.00. The molecule has 0 N–H and O–H groups in total. The average Bonchev–Trinajstić information content (AvgIpc) is 2.96. The summed E-state index contributed by atoms with van der Waals surface area (Å²) < 4.78 is 11.4. The molecule has 9 heteroatoms. The van der Waals surface area contributed by atoms with Gasteiger partial charge in [0.05, 0.1) is 23.0 Å². The van der Waals surface area contributed by atoms with Gasteiger partial charge in [0, 0.05) is 4.47 Å². The smallest absolute Gasteiger partial charge is 0.343 e. The Morgan fingerprint density at radius 3 is 2.52 bits per heavy atom. The van der Waals surface area contributed by atoms with Crippen molar-refractivity contribution in [3.8, 4) is 5.75 Å².